The van der Waals surface area contributed by atoms with Crippen molar-refractivity contribution in [3.8, 4) is 18.1 Å². The van der Waals surface area contributed by atoms with Crippen LogP contribution in [0.4, 0.5) is 5.82 Å². The number of rotatable bonds is 6. The number of carbonyl (C=O) groups excluding carboxylic acids is 1. The van der Waals surface area contributed by atoms with Gasteiger partial charge < -0.3 is 5.73 Å². The molecule has 2 aromatic rings. The van der Waals surface area contributed by atoms with Crippen LogP contribution in [-0.4, -0.2) is 44.1 Å². The summed E-state index contributed by atoms with van der Waals surface area (Å²) in [6.07, 6.45) is 7.76. The third-order valence-electron chi connectivity index (χ3n) is 5.38. The van der Waals surface area contributed by atoms with Gasteiger partial charge >= 0.3 is 0 Å². The minimum absolute atomic E-state index is 0.0508. The molecule has 0 radical (unpaired) electrons. The number of piperidine rings is 1. The summed E-state index contributed by atoms with van der Waals surface area (Å²) >= 11 is 0. The molecular weight excluding hydrogens is 356 g/mol. The number of quaternary nitrogens is 1. The first-order valence-electron chi connectivity index (χ1n) is 9.28. The van der Waals surface area contributed by atoms with Crippen molar-refractivity contribution in [1.82, 2.24) is 24.0 Å². The molecule has 0 saturated carbocycles. The maximum Gasteiger partial charge on any atom is 0.240 e. The Morgan fingerprint density at radius 1 is 1.43 bits per heavy atom. The van der Waals surface area contributed by atoms with E-state index in [9.17, 15) is 15.3 Å². The first-order valence-corrected chi connectivity index (χ1v) is 9.28. The number of nitrogens with two attached hydrogens (primary N) is 1. The predicted molar refractivity (Wildman–Crippen MR) is 102 cm³/mol. The lowest BCUT2D eigenvalue weighted by Crippen LogP contribution is -2.65. The van der Waals surface area contributed by atoms with Gasteiger partial charge in [0.05, 0.1) is 19.0 Å². The van der Waals surface area contributed by atoms with E-state index in [0.29, 0.717) is 18.3 Å². The van der Waals surface area contributed by atoms with Crippen LogP contribution in [0.5, 0.6) is 0 Å². The molecule has 2 aromatic heterocycles. The number of hydrogen-bond donors (Lipinski definition) is 1. The second-order valence-electron chi connectivity index (χ2n) is 7.12. The van der Waals surface area contributed by atoms with Crippen LogP contribution in [0.3, 0.4) is 0 Å². The van der Waals surface area contributed by atoms with E-state index in [2.05, 4.69) is 22.1 Å². The Balaban J connectivity index is 2.21. The maximum absolute atomic E-state index is 11.8. The van der Waals surface area contributed by atoms with E-state index >= 15 is 0 Å². The third-order valence-corrected chi connectivity index (χ3v) is 5.38. The largest absolute Gasteiger partial charge is 0.369 e. The average molecular weight is 379 g/mol. The number of primary amides is 1. The maximum atomic E-state index is 11.8. The van der Waals surface area contributed by atoms with E-state index in [1.165, 1.54) is 0 Å². The van der Waals surface area contributed by atoms with Crippen molar-refractivity contribution in [3.63, 3.8) is 0 Å². The molecule has 0 bridgehead atoms. The molecule has 144 valence electrons. The summed E-state index contributed by atoms with van der Waals surface area (Å²) in [7, 11) is 0. The number of aryl methyl sites for hydroxylation is 1. The third kappa shape index (κ3) is 3.57. The fourth-order valence-electron chi connectivity index (χ4n) is 4.18. The minimum Gasteiger partial charge on any atom is -0.369 e. The summed E-state index contributed by atoms with van der Waals surface area (Å²) in [6.45, 7) is 2.48. The molecule has 1 amide bonds. The van der Waals surface area contributed by atoms with Gasteiger partial charge in [0.2, 0.25) is 17.7 Å². The molecule has 3 atom stereocenters. The van der Waals surface area contributed by atoms with Crippen LogP contribution in [0.2, 0.25) is 0 Å². The van der Waals surface area contributed by atoms with E-state index in [1.54, 1.807) is 23.3 Å². The average Bonchev–Trinajstić information content (AvgIpc) is 3.21. The van der Waals surface area contributed by atoms with Crippen LogP contribution >= 0.6 is 0 Å². The summed E-state index contributed by atoms with van der Waals surface area (Å²) in [5.41, 5.74) is 6.27. The van der Waals surface area contributed by atoms with Crippen LogP contribution in [0.25, 0.3) is 5.95 Å². The monoisotopic (exact) mass is 379 g/mol. The molecule has 0 aliphatic carbocycles. The number of carbonyl (C=O) groups is 1. The fourth-order valence-corrected chi connectivity index (χ4v) is 4.18. The number of nitrogens with zero attached hydrogens (tertiary/aromatic N) is 7. The predicted octanol–water partition coefficient (Wildman–Crippen LogP) is 1.51. The summed E-state index contributed by atoms with van der Waals surface area (Å²) in [5, 5.41) is 19.3. The molecule has 0 aromatic carbocycles. The van der Waals surface area contributed by atoms with Gasteiger partial charge in [0.15, 0.2) is 6.04 Å². The van der Waals surface area contributed by atoms with Gasteiger partial charge in [-0.1, -0.05) is 0 Å². The van der Waals surface area contributed by atoms with Gasteiger partial charge in [0.1, 0.15) is 24.9 Å². The van der Waals surface area contributed by atoms with Crippen molar-refractivity contribution >= 4 is 11.7 Å². The number of nitriles is 2. The SMILES string of the molecule is Cc1cc([N+]2(C(C#N)CC#N)CCCCC2CC(N)=O)nc(-n2ccnc2)n1. The van der Waals surface area contributed by atoms with Crippen molar-refractivity contribution in [1.29, 1.82) is 10.5 Å². The van der Waals surface area contributed by atoms with Crippen LogP contribution in [-0.2, 0) is 4.79 Å². The van der Waals surface area contributed by atoms with Gasteiger partial charge in [-0.05, 0) is 19.8 Å². The summed E-state index contributed by atoms with van der Waals surface area (Å²) in [4.78, 5) is 25.1. The Morgan fingerprint density at radius 2 is 2.25 bits per heavy atom. The normalized spacial score (nSPS) is 22.8. The molecule has 3 unspecified atom stereocenters. The second-order valence-corrected chi connectivity index (χ2v) is 7.12. The molecule has 3 heterocycles. The molecule has 1 fully saturated rings. The van der Waals surface area contributed by atoms with Crippen LogP contribution in [0, 0.1) is 29.6 Å². The van der Waals surface area contributed by atoms with E-state index in [0.717, 1.165) is 25.0 Å². The molecular formula is C19H23N8O+. The smallest absolute Gasteiger partial charge is 0.240 e. The molecule has 9 heteroatoms. The lowest BCUT2D eigenvalue weighted by atomic mass is 9.91. The number of amides is 1. The minimum atomic E-state index is -0.639. The van der Waals surface area contributed by atoms with Crippen molar-refractivity contribution < 1.29 is 4.79 Å². The topological polar surface area (TPSA) is 134 Å². The zero-order chi connectivity index (χ0) is 20.1. The van der Waals surface area contributed by atoms with Gasteiger partial charge in [-0.3, -0.25) is 13.8 Å². The van der Waals surface area contributed by atoms with Gasteiger partial charge in [0, 0.05) is 30.6 Å². The molecule has 2 N–H and O–H groups in total. The Kier molecular flexibility index (Phi) is 5.67. The highest BCUT2D eigenvalue weighted by Gasteiger charge is 2.49. The molecule has 3 rings (SSSR count). The van der Waals surface area contributed by atoms with Crippen LogP contribution < -0.4 is 10.2 Å². The first-order chi connectivity index (χ1) is 13.5. The zero-order valence-corrected chi connectivity index (χ0v) is 15.8. The van der Waals surface area contributed by atoms with Crippen molar-refractivity contribution in [2.24, 2.45) is 5.73 Å². The van der Waals surface area contributed by atoms with E-state index in [-0.39, 0.29) is 23.4 Å². The standard InChI is InChI=1S/C19H22N8O/c1-14-10-18(25-19(24-14)26-8-7-23-13-26)27(16(12-21)5-6-20)9-3-2-4-15(27)11-17(22)28/h7-8,10,13,15-16H,2-5,9,11H2,1H3,(H-,22,28)/p+1. The second kappa shape index (κ2) is 8.15. The highest BCUT2D eigenvalue weighted by atomic mass is 16.1. The number of aromatic nitrogens is 4. The van der Waals surface area contributed by atoms with E-state index in [4.69, 9.17) is 10.7 Å². The first kappa shape index (κ1) is 19.5. The van der Waals surface area contributed by atoms with E-state index in [1.807, 2.05) is 13.0 Å². The summed E-state index contributed by atoms with van der Waals surface area (Å²) < 4.78 is 1.86. The van der Waals surface area contributed by atoms with Crippen LogP contribution in [0.15, 0.2) is 24.8 Å². The molecule has 0 spiro atoms. The summed E-state index contributed by atoms with van der Waals surface area (Å²) in [5.74, 6) is 0.676. The Morgan fingerprint density at radius 3 is 2.89 bits per heavy atom. The summed E-state index contributed by atoms with van der Waals surface area (Å²) in [6, 6.07) is 5.44. The highest BCUT2D eigenvalue weighted by Crippen LogP contribution is 2.38. The fraction of sp³-hybridized carbons (Fsp3) is 0.474. The van der Waals surface area contributed by atoms with Gasteiger partial charge in [-0.15, -0.1) is 0 Å². The van der Waals surface area contributed by atoms with Crippen LogP contribution in [0.1, 0.15) is 37.8 Å². The van der Waals surface area contributed by atoms with Crippen molar-refractivity contribution in [2.45, 2.75) is 51.1 Å². The lowest BCUT2D eigenvalue weighted by molar-refractivity contribution is -0.119. The number of likely N-dealkylation sites (tertiary alicyclic amines) is 1. The highest BCUT2D eigenvalue weighted by molar-refractivity contribution is 5.75. The van der Waals surface area contributed by atoms with Crippen molar-refractivity contribution in [3.05, 3.63) is 30.5 Å². The van der Waals surface area contributed by atoms with Gasteiger partial charge in [0.25, 0.3) is 0 Å². The molecule has 1 saturated heterocycles. The Bertz CT molecular complexity index is 926. The van der Waals surface area contributed by atoms with E-state index < -0.39 is 11.9 Å². The number of imidazole rings is 1. The van der Waals surface area contributed by atoms with Crippen molar-refractivity contribution in [2.75, 3.05) is 6.54 Å². The molecule has 1 aliphatic heterocycles. The Hall–Kier alpha value is -3.30. The van der Waals surface area contributed by atoms with Gasteiger partial charge in [-0.2, -0.15) is 15.5 Å². The molecule has 28 heavy (non-hydrogen) atoms. The number of hydrogen-bond acceptors (Lipinski definition) is 6. The quantitative estimate of drug-likeness (QED) is 0.756. The molecule has 1 aliphatic rings. The molecule has 9 nitrogen and oxygen atoms in total. The zero-order valence-electron chi connectivity index (χ0n) is 15.8. The lowest BCUT2D eigenvalue weighted by Gasteiger charge is -2.48. The van der Waals surface area contributed by atoms with Gasteiger partial charge in [-0.25, -0.2) is 9.97 Å². The Labute approximate surface area is 163 Å².